The zero-order valence-corrected chi connectivity index (χ0v) is 45.5. The minimum absolute atomic E-state index is 0.406. The second-order valence-electron chi connectivity index (χ2n) is 22.5. The van der Waals surface area contributed by atoms with E-state index >= 15 is 0 Å². The van der Waals surface area contributed by atoms with Crippen LogP contribution >= 0.6 is 11.3 Å². The van der Waals surface area contributed by atoms with Crippen molar-refractivity contribution in [2.45, 2.75) is 19.3 Å². The topological polar surface area (TPSA) is 13.1 Å². The maximum Gasteiger partial charge on any atom is 0.140 e. The van der Waals surface area contributed by atoms with Crippen molar-refractivity contribution < 1.29 is 4.42 Å². The smallest absolute Gasteiger partial charge is 0.140 e. The molecule has 0 unspecified atom stereocenters. The number of furan rings is 1. The van der Waals surface area contributed by atoms with Crippen LogP contribution in [0.4, 0.5) is 0 Å². The lowest BCUT2D eigenvalue weighted by atomic mass is 9.79. The quantitative estimate of drug-likeness (QED) is 0.151. The van der Waals surface area contributed by atoms with Gasteiger partial charge in [-0.15, -0.1) is 11.3 Å². The van der Waals surface area contributed by atoms with Gasteiger partial charge in [-0.3, -0.25) is 0 Å². The van der Waals surface area contributed by atoms with Gasteiger partial charge >= 0.3 is 0 Å². The minimum Gasteiger partial charge on any atom is -0.456 e. The Bertz CT molecular complexity index is 5120. The third-order valence-electron chi connectivity index (χ3n) is 17.8. The van der Waals surface area contributed by atoms with E-state index < -0.39 is 5.41 Å². The van der Waals surface area contributed by atoms with E-state index in [9.17, 15) is 0 Å². The Balaban J connectivity index is 0.879. The molecule has 0 N–H and O–H groups in total. The molecule has 1 nitrogen and oxygen atoms in total. The molecular weight excluding hydrogens is 997 g/mol. The van der Waals surface area contributed by atoms with E-state index in [4.69, 9.17) is 4.42 Å². The van der Waals surface area contributed by atoms with E-state index in [1.165, 1.54) is 152 Å². The molecule has 17 rings (SSSR count). The fraction of sp³-hybridized carbons (Fsp3) is 0.0380. The molecule has 0 saturated carbocycles. The first-order chi connectivity index (χ1) is 40.0. The molecule has 14 aromatic carbocycles. The molecule has 0 radical (unpaired) electrons. The van der Waals surface area contributed by atoms with Gasteiger partial charge in [-0.2, -0.15) is 0 Å². The first-order valence-corrected chi connectivity index (χ1v) is 29.0. The van der Waals surface area contributed by atoms with Gasteiger partial charge in [-0.05, 0) is 163 Å². The van der Waals surface area contributed by atoms with Crippen LogP contribution in [-0.2, 0) is 5.41 Å². The highest BCUT2D eigenvalue weighted by atomic mass is 32.1. The largest absolute Gasteiger partial charge is 0.456 e. The molecule has 0 saturated heterocycles. The number of thiophene rings is 1. The van der Waals surface area contributed by atoms with Crippen LogP contribution in [0, 0.1) is 0 Å². The zero-order chi connectivity index (χ0) is 53.5. The van der Waals surface area contributed by atoms with Crippen LogP contribution in [0.3, 0.4) is 0 Å². The van der Waals surface area contributed by atoms with Gasteiger partial charge in [-0.25, -0.2) is 0 Å². The SMILES string of the molecule is CC1(C)c2cc(-c3c4ccccc4c(-c4cc(-c5ccccc5)cc(-c5ccccc5)c4)c4ccccc34)ccc2-c2c1c1oc3cc(-c4c5ccccc5c(-c5ccccc5)c5ccccc45)ccc3c1c1c2sc2ccccc21. The molecule has 1 aliphatic rings. The summed E-state index contributed by atoms with van der Waals surface area (Å²) >= 11 is 1.92. The summed E-state index contributed by atoms with van der Waals surface area (Å²) in [5.41, 5.74) is 21.3. The fourth-order valence-corrected chi connectivity index (χ4v) is 15.5. The third-order valence-corrected chi connectivity index (χ3v) is 19.0. The van der Waals surface area contributed by atoms with Crippen LogP contribution in [0.2, 0.25) is 0 Å². The van der Waals surface area contributed by atoms with E-state index in [2.05, 4.69) is 281 Å². The third kappa shape index (κ3) is 6.78. The summed E-state index contributed by atoms with van der Waals surface area (Å²) < 4.78 is 10.1. The van der Waals surface area contributed by atoms with Crippen molar-refractivity contribution in [1.29, 1.82) is 0 Å². The van der Waals surface area contributed by atoms with Crippen molar-refractivity contribution in [3.8, 4) is 77.9 Å². The molecule has 0 spiro atoms. The second kappa shape index (κ2) is 17.6. The number of fused-ring (bicyclic) bond motifs is 16. The van der Waals surface area contributed by atoms with Gasteiger partial charge in [0, 0.05) is 47.5 Å². The molecule has 0 fully saturated rings. The van der Waals surface area contributed by atoms with Crippen molar-refractivity contribution in [3.05, 3.63) is 278 Å². The monoisotopic (exact) mass is 1050 g/mol. The fourth-order valence-electron chi connectivity index (χ4n) is 14.3. The highest BCUT2D eigenvalue weighted by Crippen LogP contribution is 2.60. The van der Waals surface area contributed by atoms with Crippen LogP contribution in [-0.4, -0.2) is 0 Å². The summed E-state index contributed by atoms with van der Waals surface area (Å²) in [5.74, 6) is 0. The average Bonchev–Trinajstić information content (AvgIpc) is 4.02. The number of hydrogen-bond donors (Lipinski definition) is 0. The highest BCUT2D eigenvalue weighted by Gasteiger charge is 2.42. The highest BCUT2D eigenvalue weighted by molar-refractivity contribution is 7.26. The Morgan fingerprint density at radius 2 is 0.704 bits per heavy atom. The van der Waals surface area contributed by atoms with Crippen molar-refractivity contribution in [2.24, 2.45) is 0 Å². The van der Waals surface area contributed by atoms with Crippen LogP contribution in [0.15, 0.2) is 271 Å². The molecule has 81 heavy (non-hydrogen) atoms. The van der Waals surface area contributed by atoms with Crippen molar-refractivity contribution >= 4 is 96.5 Å². The Labute approximate surface area is 473 Å². The van der Waals surface area contributed by atoms with Gasteiger partial charge in [0.1, 0.15) is 11.2 Å². The van der Waals surface area contributed by atoms with Gasteiger partial charge in [0.25, 0.3) is 0 Å². The normalized spacial score (nSPS) is 12.9. The minimum atomic E-state index is -0.406. The van der Waals surface area contributed by atoms with Crippen LogP contribution in [0.5, 0.6) is 0 Å². The molecular formula is C79H50OS. The predicted molar refractivity (Wildman–Crippen MR) is 347 cm³/mol. The molecule has 0 aliphatic heterocycles. The predicted octanol–water partition coefficient (Wildman–Crippen LogP) is 22.9. The average molecular weight is 1050 g/mol. The van der Waals surface area contributed by atoms with Crippen molar-refractivity contribution in [1.82, 2.24) is 0 Å². The lowest BCUT2D eigenvalue weighted by molar-refractivity contribution is 0.620. The van der Waals surface area contributed by atoms with Crippen LogP contribution in [0.1, 0.15) is 25.0 Å². The Morgan fingerprint density at radius 3 is 1.22 bits per heavy atom. The first-order valence-electron chi connectivity index (χ1n) is 28.1. The van der Waals surface area contributed by atoms with Crippen molar-refractivity contribution in [3.63, 3.8) is 0 Å². The van der Waals surface area contributed by atoms with Crippen LogP contribution in [0.25, 0.3) is 163 Å². The second-order valence-corrected chi connectivity index (χ2v) is 23.6. The number of rotatable bonds is 6. The summed E-state index contributed by atoms with van der Waals surface area (Å²) in [7, 11) is 0. The zero-order valence-electron chi connectivity index (χ0n) is 44.7. The number of hydrogen-bond acceptors (Lipinski definition) is 2. The Morgan fingerprint density at radius 1 is 0.296 bits per heavy atom. The summed E-state index contributed by atoms with van der Waals surface area (Å²) in [4.78, 5) is 0. The molecule has 0 amide bonds. The van der Waals surface area contributed by atoms with Gasteiger partial charge in [0.15, 0.2) is 0 Å². The van der Waals surface area contributed by atoms with Gasteiger partial charge in [0.2, 0.25) is 0 Å². The van der Waals surface area contributed by atoms with Gasteiger partial charge in [-0.1, -0.05) is 238 Å². The maximum absolute atomic E-state index is 7.53. The summed E-state index contributed by atoms with van der Waals surface area (Å²) in [6.45, 7) is 4.85. The molecule has 378 valence electrons. The van der Waals surface area contributed by atoms with Gasteiger partial charge in [0.05, 0.1) is 0 Å². The molecule has 0 bridgehead atoms. The molecule has 2 aromatic heterocycles. The van der Waals surface area contributed by atoms with E-state index in [0.29, 0.717) is 0 Å². The Kier molecular flexibility index (Phi) is 10.00. The molecule has 16 aromatic rings. The molecule has 0 atom stereocenters. The Hall–Kier alpha value is -9.86. The first kappa shape index (κ1) is 46.1. The molecule has 1 aliphatic carbocycles. The maximum atomic E-state index is 7.53. The number of benzene rings is 14. The van der Waals surface area contributed by atoms with E-state index in [-0.39, 0.29) is 0 Å². The lowest BCUT2D eigenvalue weighted by Crippen LogP contribution is -2.15. The van der Waals surface area contributed by atoms with E-state index in [1.807, 2.05) is 11.3 Å². The lowest BCUT2D eigenvalue weighted by Gasteiger charge is -2.23. The molecule has 2 heteroatoms. The summed E-state index contributed by atoms with van der Waals surface area (Å²) in [6, 6.07) is 98.9. The van der Waals surface area contributed by atoms with Crippen LogP contribution < -0.4 is 0 Å². The summed E-state index contributed by atoms with van der Waals surface area (Å²) in [5, 5.41) is 14.8. The molecule has 2 heterocycles. The van der Waals surface area contributed by atoms with E-state index in [0.717, 1.165) is 22.1 Å². The standard InChI is InChI=1S/C79H50OS/c1-79(2)66-45-50(70-59-32-16-18-34-61(59)72(62-35-19-17-33-60(62)70)54-43-52(47-22-6-3-7-23-47)42-53(44-54)48-24-8-4-9-25-48)38-40-63(66)75-76(79)77-73(74-65-36-20-21-37-68(65)81-78(74)75)64-41-39-51(46-67(64)80-77)71-57-30-14-12-28-55(57)69(49-26-10-5-11-27-49)56-29-13-15-31-58(56)71/h3-46H,1-2H3. The summed E-state index contributed by atoms with van der Waals surface area (Å²) in [6.07, 6.45) is 0. The van der Waals surface area contributed by atoms with Crippen molar-refractivity contribution in [2.75, 3.05) is 0 Å². The van der Waals surface area contributed by atoms with Gasteiger partial charge < -0.3 is 4.42 Å². The van der Waals surface area contributed by atoms with E-state index in [1.54, 1.807) is 0 Å².